The lowest BCUT2D eigenvalue weighted by atomic mass is 9.85. The summed E-state index contributed by atoms with van der Waals surface area (Å²) >= 11 is 0. The van der Waals surface area contributed by atoms with Gasteiger partial charge in [-0.1, -0.05) is 88.1 Å². The van der Waals surface area contributed by atoms with Gasteiger partial charge in [0.05, 0.1) is 28.4 Å². The van der Waals surface area contributed by atoms with E-state index in [2.05, 4.69) is 153 Å². The largest absolute Gasteiger partial charge is 0.308 e. The molecule has 5 nitrogen and oxygen atoms in total. The van der Waals surface area contributed by atoms with Crippen LogP contribution in [0.2, 0.25) is 0 Å². The highest BCUT2D eigenvalue weighted by atomic mass is 15.1. The highest BCUT2D eigenvalue weighted by Crippen LogP contribution is 2.38. The normalized spacial score (nSPS) is 12.1. The summed E-state index contributed by atoms with van der Waals surface area (Å²) in [6.07, 6.45) is 0. The standard InChI is InChI=1S/C46H45N5/c1-27-11-14-39-36(21-27)37-22-28(2)12-15-40(37)51(39)41-16-13-31(26-47)23-38(41)44-49-42(32-17-29(3)19-34(24-32)45(5,6)7)48-43(50-44)33-18-30(4)20-35(25-33)46(8,9)10/h11-25H,1-10H3. The second-order valence-electron chi connectivity index (χ2n) is 16.2. The van der Waals surface area contributed by atoms with E-state index in [1.54, 1.807) is 0 Å². The minimum atomic E-state index is -0.0564. The smallest absolute Gasteiger partial charge is 0.166 e. The molecule has 0 amide bonds. The van der Waals surface area contributed by atoms with Gasteiger partial charge in [0.1, 0.15) is 0 Å². The van der Waals surface area contributed by atoms with Crippen molar-refractivity contribution in [2.45, 2.75) is 80.1 Å². The molecule has 0 aliphatic rings. The fourth-order valence-electron chi connectivity index (χ4n) is 6.94. The Labute approximate surface area is 301 Å². The Morgan fingerprint density at radius 2 is 0.980 bits per heavy atom. The fourth-order valence-corrected chi connectivity index (χ4v) is 6.94. The second-order valence-corrected chi connectivity index (χ2v) is 16.2. The lowest BCUT2D eigenvalue weighted by molar-refractivity contribution is 0.589. The average molecular weight is 668 g/mol. The van der Waals surface area contributed by atoms with Crippen LogP contribution < -0.4 is 0 Å². The topological polar surface area (TPSA) is 67.4 Å². The molecule has 0 radical (unpaired) electrons. The number of nitriles is 1. The number of aromatic nitrogens is 4. The van der Waals surface area contributed by atoms with Crippen molar-refractivity contribution >= 4 is 21.8 Å². The quantitative estimate of drug-likeness (QED) is 0.187. The van der Waals surface area contributed by atoms with Gasteiger partial charge in [0.2, 0.25) is 0 Å². The van der Waals surface area contributed by atoms with E-state index in [0.717, 1.165) is 44.5 Å². The average Bonchev–Trinajstić information content (AvgIpc) is 3.38. The van der Waals surface area contributed by atoms with E-state index < -0.39 is 0 Å². The molecule has 0 saturated carbocycles. The molecule has 0 N–H and O–H groups in total. The predicted molar refractivity (Wildman–Crippen MR) is 212 cm³/mol. The lowest BCUT2D eigenvalue weighted by Crippen LogP contribution is -2.12. The summed E-state index contributed by atoms with van der Waals surface area (Å²) in [4.78, 5) is 15.7. The van der Waals surface area contributed by atoms with Crippen molar-refractivity contribution in [2.24, 2.45) is 0 Å². The van der Waals surface area contributed by atoms with Crippen LogP contribution in [0.3, 0.4) is 0 Å². The molecule has 0 bridgehead atoms. The first kappa shape index (κ1) is 33.9. The van der Waals surface area contributed by atoms with Crippen molar-refractivity contribution in [3.8, 4) is 45.9 Å². The van der Waals surface area contributed by atoms with Crippen LogP contribution in [-0.4, -0.2) is 19.5 Å². The Morgan fingerprint density at radius 3 is 1.43 bits per heavy atom. The molecule has 0 aliphatic heterocycles. The fraction of sp³-hybridized carbons (Fsp3) is 0.261. The first-order valence-corrected chi connectivity index (χ1v) is 17.7. The first-order valence-electron chi connectivity index (χ1n) is 17.7. The van der Waals surface area contributed by atoms with E-state index in [1.807, 2.05) is 18.2 Å². The molecule has 0 saturated heterocycles. The van der Waals surface area contributed by atoms with Gasteiger partial charge in [-0.2, -0.15) is 5.26 Å². The van der Waals surface area contributed by atoms with Gasteiger partial charge in [-0.05, 0) is 116 Å². The first-order chi connectivity index (χ1) is 24.1. The molecule has 2 heterocycles. The van der Waals surface area contributed by atoms with Gasteiger partial charge in [-0.15, -0.1) is 0 Å². The van der Waals surface area contributed by atoms with Crippen molar-refractivity contribution in [2.75, 3.05) is 0 Å². The summed E-state index contributed by atoms with van der Waals surface area (Å²) in [5.74, 6) is 1.73. The number of fused-ring (bicyclic) bond motifs is 3. The number of nitrogens with zero attached hydrogens (tertiary/aromatic N) is 5. The summed E-state index contributed by atoms with van der Waals surface area (Å²) in [5.41, 5.74) is 13.3. The molecule has 0 spiro atoms. The Hall–Kier alpha value is -5.60. The van der Waals surface area contributed by atoms with Crippen molar-refractivity contribution < 1.29 is 0 Å². The van der Waals surface area contributed by atoms with Crippen molar-refractivity contribution in [3.05, 3.63) is 130 Å². The van der Waals surface area contributed by atoms with Crippen LogP contribution in [0.4, 0.5) is 0 Å². The number of aryl methyl sites for hydroxylation is 4. The maximum Gasteiger partial charge on any atom is 0.166 e. The zero-order valence-corrected chi connectivity index (χ0v) is 31.4. The van der Waals surface area contributed by atoms with Gasteiger partial charge in [0.15, 0.2) is 17.5 Å². The van der Waals surface area contributed by atoms with Gasteiger partial charge in [0, 0.05) is 27.5 Å². The van der Waals surface area contributed by atoms with E-state index in [1.165, 1.54) is 33.0 Å². The minimum absolute atomic E-state index is 0.0564. The van der Waals surface area contributed by atoms with E-state index in [9.17, 15) is 5.26 Å². The number of benzene rings is 5. The SMILES string of the molecule is Cc1cc(-c2nc(-c3cc(C)cc(C(C)(C)C)c3)nc(-c3cc(C#N)ccc3-n3c4ccc(C)cc4c4cc(C)ccc43)n2)cc(C(C)(C)C)c1. The molecule has 7 rings (SSSR count). The molecular formula is C46H45N5. The van der Waals surface area contributed by atoms with E-state index in [-0.39, 0.29) is 10.8 Å². The van der Waals surface area contributed by atoms with Crippen LogP contribution in [0.5, 0.6) is 0 Å². The molecular weight excluding hydrogens is 623 g/mol. The highest BCUT2D eigenvalue weighted by molar-refractivity contribution is 6.10. The molecule has 2 aromatic heterocycles. The van der Waals surface area contributed by atoms with Gasteiger partial charge in [0.25, 0.3) is 0 Å². The Kier molecular flexibility index (Phi) is 8.18. The van der Waals surface area contributed by atoms with Crippen molar-refractivity contribution in [1.29, 1.82) is 5.26 Å². The second kappa shape index (κ2) is 12.3. The van der Waals surface area contributed by atoms with Crippen molar-refractivity contribution in [3.63, 3.8) is 0 Å². The van der Waals surface area contributed by atoms with Crippen LogP contribution in [0.25, 0.3) is 61.7 Å². The molecule has 0 fully saturated rings. The predicted octanol–water partition coefficient (Wildman–Crippen LogP) is 11.7. The summed E-state index contributed by atoms with van der Waals surface area (Å²) in [7, 11) is 0. The third kappa shape index (κ3) is 6.43. The monoisotopic (exact) mass is 667 g/mol. The van der Waals surface area contributed by atoms with Crippen LogP contribution in [0.1, 0.15) is 80.5 Å². The molecule has 7 aromatic rings. The zero-order valence-electron chi connectivity index (χ0n) is 31.4. The molecule has 0 unspecified atom stereocenters. The highest BCUT2D eigenvalue weighted by Gasteiger charge is 2.23. The molecule has 0 aliphatic carbocycles. The van der Waals surface area contributed by atoms with Crippen LogP contribution in [0.15, 0.2) is 91.0 Å². The summed E-state index contributed by atoms with van der Waals surface area (Å²) in [6, 6.07) is 34.6. The minimum Gasteiger partial charge on any atom is -0.308 e. The van der Waals surface area contributed by atoms with E-state index >= 15 is 0 Å². The van der Waals surface area contributed by atoms with Gasteiger partial charge in [-0.25, -0.2) is 15.0 Å². The number of hydrogen-bond donors (Lipinski definition) is 0. The molecule has 5 aromatic carbocycles. The molecule has 254 valence electrons. The third-order valence-electron chi connectivity index (χ3n) is 9.72. The number of hydrogen-bond acceptors (Lipinski definition) is 4. The van der Waals surface area contributed by atoms with E-state index in [4.69, 9.17) is 15.0 Å². The van der Waals surface area contributed by atoms with Crippen molar-refractivity contribution in [1.82, 2.24) is 19.5 Å². The summed E-state index contributed by atoms with van der Waals surface area (Å²) < 4.78 is 2.29. The van der Waals surface area contributed by atoms with Crippen LogP contribution in [0, 0.1) is 39.0 Å². The number of rotatable bonds is 4. The van der Waals surface area contributed by atoms with E-state index in [0.29, 0.717) is 23.0 Å². The maximum atomic E-state index is 10.2. The molecule has 51 heavy (non-hydrogen) atoms. The Morgan fingerprint density at radius 1 is 0.510 bits per heavy atom. The zero-order chi connectivity index (χ0) is 36.4. The molecule has 0 atom stereocenters. The Balaban J connectivity index is 1.57. The van der Waals surface area contributed by atoms with Gasteiger partial charge in [-0.3, -0.25) is 0 Å². The Bertz CT molecular complexity index is 2410. The summed E-state index contributed by atoms with van der Waals surface area (Å²) in [6.45, 7) is 21.9. The third-order valence-corrected chi connectivity index (χ3v) is 9.72. The van der Waals surface area contributed by atoms with Crippen LogP contribution >= 0.6 is 0 Å². The maximum absolute atomic E-state index is 10.2. The molecule has 5 heteroatoms. The van der Waals surface area contributed by atoms with Gasteiger partial charge < -0.3 is 4.57 Å². The van der Waals surface area contributed by atoms with Crippen LogP contribution in [-0.2, 0) is 10.8 Å². The summed E-state index contributed by atoms with van der Waals surface area (Å²) in [5, 5.41) is 12.5. The van der Waals surface area contributed by atoms with Gasteiger partial charge >= 0.3 is 0 Å². The lowest BCUT2D eigenvalue weighted by Gasteiger charge is -2.21.